The molecule has 1 aromatic carbocycles. The van der Waals surface area contributed by atoms with Crippen molar-refractivity contribution in [3.8, 4) is 5.69 Å². The maximum atomic E-state index is 12.1. The van der Waals surface area contributed by atoms with Crippen LogP contribution in [-0.2, 0) is 6.54 Å². The lowest BCUT2D eigenvalue weighted by atomic mass is 10.2. The van der Waals surface area contributed by atoms with E-state index in [0.717, 1.165) is 11.3 Å². The molecule has 2 N–H and O–H groups in total. The van der Waals surface area contributed by atoms with Gasteiger partial charge in [0.15, 0.2) is 5.69 Å². The van der Waals surface area contributed by atoms with E-state index < -0.39 is 5.97 Å². The molecule has 0 saturated heterocycles. The summed E-state index contributed by atoms with van der Waals surface area (Å²) in [5, 5.41) is 17.5. The third kappa shape index (κ3) is 3.33. The molecule has 0 aliphatic rings. The monoisotopic (exact) mass is 342 g/mol. The van der Waals surface area contributed by atoms with Gasteiger partial charge in [0.25, 0.3) is 5.91 Å². The fraction of sp³-hybridized carbons (Fsp3) is 0.125. The second-order valence-corrected chi connectivity index (χ2v) is 5.75. The number of aryl methyl sites for hydroxylation is 1. The maximum Gasteiger partial charge on any atom is 0.356 e. The Balaban J connectivity index is 1.72. The minimum atomic E-state index is -1.07. The van der Waals surface area contributed by atoms with Crippen molar-refractivity contribution in [2.45, 2.75) is 13.5 Å². The molecule has 7 nitrogen and oxygen atoms in total. The fourth-order valence-corrected chi connectivity index (χ4v) is 2.87. The summed E-state index contributed by atoms with van der Waals surface area (Å²) in [7, 11) is 0. The molecule has 0 unspecified atom stereocenters. The highest BCUT2D eigenvalue weighted by molar-refractivity contribution is 7.03. The number of nitrogens with one attached hydrogen (secondary N) is 1. The quantitative estimate of drug-likeness (QED) is 0.741. The van der Waals surface area contributed by atoms with Gasteiger partial charge >= 0.3 is 5.97 Å². The number of aromatic carboxylic acids is 1. The van der Waals surface area contributed by atoms with Crippen LogP contribution in [0.3, 0.4) is 0 Å². The zero-order chi connectivity index (χ0) is 17.1. The Morgan fingerprint density at radius 3 is 2.83 bits per heavy atom. The summed E-state index contributed by atoms with van der Waals surface area (Å²) >= 11 is 1.25. The van der Waals surface area contributed by atoms with Gasteiger partial charge in [-0.1, -0.05) is 12.1 Å². The van der Waals surface area contributed by atoms with Gasteiger partial charge in [0, 0.05) is 18.1 Å². The summed E-state index contributed by atoms with van der Waals surface area (Å²) in [5.74, 6) is -1.24. The molecule has 0 atom stereocenters. The number of aromatic nitrogens is 3. The van der Waals surface area contributed by atoms with E-state index in [4.69, 9.17) is 5.11 Å². The van der Waals surface area contributed by atoms with E-state index in [2.05, 4.69) is 14.8 Å². The lowest BCUT2D eigenvalue weighted by Crippen LogP contribution is -2.23. The van der Waals surface area contributed by atoms with Crippen LogP contribution >= 0.6 is 11.5 Å². The van der Waals surface area contributed by atoms with Gasteiger partial charge in [-0.3, -0.25) is 4.79 Å². The lowest BCUT2D eigenvalue weighted by molar-refractivity contribution is 0.0689. The van der Waals surface area contributed by atoms with E-state index in [-0.39, 0.29) is 11.6 Å². The Morgan fingerprint density at radius 2 is 2.17 bits per heavy atom. The van der Waals surface area contributed by atoms with Gasteiger partial charge in [0.05, 0.1) is 16.9 Å². The Bertz CT molecular complexity index is 900. The number of rotatable bonds is 5. The van der Waals surface area contributed by atoms with E-state index in [1.807, 2.05) is 24.3 Å². The lowest BCUT2D eigenvalue weighted by Gasteiger charge is -2.07. The molecule has 8 heteroatoms. The highest BCUT2D eigenvalue weighted by atomic mass is 32.1. The molecule has 122 valence electrons. The van der Waals surface area contributed by atoms with E-state index >= 15 is 0 Å². The molecule has 0 spiro atoms. The van der Waals surface area contributed by atoms with Crippen LogP contribution in [0.25, 0.3) is 5.69 Å². The van der Waals surface area contributed by atoms with Crippen LogP contribution < -0.4 is 5.32 Å². The number of hydrogen-bond acceptors (Lipinski definition) is 5. The van der Waals surface area contributed by atoms with Crippen molar-refractivity contribution in [1.82, 2.24) is 19.5 Å². The van der Waals surface area contributed by atoms with Crippen LogP contribution in [0.4, 0.5) is 0 Å². The zero-order valence-electron chi connectivity index (χ0n) is 12.8. The summed E-state index contributed by atoms with van der Waals surface area (Å²) in [6.45, 7) is 2.15. The zero-order valence-corrected chi connectivity index (χ0v) is 13.6. The number of carboxylic acids is 1. The minimum absolute atomic E-state index is 0.0193. The number of benzene rings is 1. The van der Waals surface area contributed by atoms with E-state index in [1.165, 1.54) is 22.3 Å². The first-order valence-electron chi connectivity index (χ1n) is 7.12. The standard InChI is InChI=1S/C16H14N4O3S/c1-10-13(9-24-19-10)15(21)17-8-11-3-2-4-12(7-11)20-6-5-14(18-20)16(22)23/h2-7,9H,8H2,1H3,(H,17,21)(H,22,23). The summed E-state index contributed by atoms with van der Waals surface area (Å²) in [6.07, 6.45) is 1.58. The van der Waals surface area contributed by atoms with Gasteiger partial charge < -0.3 is 10.4 Å². The van der Waals surface area contributed by atoms with E-state index in [9.17, 15) is 9.59 Å². The summed E-state index contributed by atoms with van der Waals surface area (Å²) < 4.78 is 5.57. The molecule has 1 amide bonds. The smallest absolute Gasteiger partial charge is 0.356 e. The maximum absolute atomic E-state index is 12.1. The van der Waals surface area contributed by atoms with Crippen LogP contribution in [0.1, 0.15) is 32.1 Å². The molecule has 0 bridgehead atoms. The molecule has 2 aromatic heterocycles. The van der Waals surface area contributed by atoms with Crippen LogP contribution in [0.5, 0.6) is 0 Å². The van der Waals surface area contributed by atoms with Crippen molar-refractivity contribution in [2.24, 2.45) is 0 Å². The predicted molar refractivity (Wildman–Crippen MR) is 88.5 cm³/mol. The first-order valence-corrected chi connectivity index (χ1v) is 7.95. The Labute approximate surface area is 141 Å². The van der Waals surface area contributed by atoms with Gasteiger partial charge in [0.2, 0.25) is 0 Å². The normalized spacial score (nSPS) is 10.5. The molecule has 0 saturated carbocycles. The number of nitrogens with zero attached hydrogens (tertiary/aromatic N) is 3. The van der Waals surface area contributed by atoms with Crippen molar-refractivity contribution >= 4 is 23.4 Å². The van der Waals surface area contributed by atoms with E-state index in [0.29, 0.717) is 17.8 Å². The number of amides is 1. The fourth-order valence-electron chi connectivity index (χ4n) is 2.18. The van der Waals surface area contributed by atoms with Crippen molar-refractivity contribution in [3.05, 3.63) is 64.4 Å². The molecule has 0 fully saturated rings. The Hall–Kier alpha value is -3.00. The second kappa shape index (κ2) is 6.63. The first kappa shape index (κ1) is 15.9. The molecule has 2 heterocycles. The van der Waals surface area contributed by atoms with Gasteiger partial charge in [-0.05, 0) is 42.2 Å². The Kier molecular flexibility index (Phi) is 4.39. The minimum Gasteiger partial charge on any atom is -0.476 e. The van der Waals surface area contributed by atoms with E-state index in [1.54, 1.807) is 18.5 Å². The summed E-state index contributed by atoms with van der Waals surface area (Å²) in [6, 6.07) is 8.80. The number of carbonyl (C=O) groups is 2. The molecule has 0 radical (unpaired) electrons. The van der Waals surface area contributed by atoms with Crippen LogP contribution in [0.2, 0.25) is 0 Å². The summed E-state index contributed by atoms with van der Waals surface area (Å²) in [5.41, 5.74) is 2.88. The summed E-state index contributed by atoms with van der Waals surface area (Å²) in [4.78, 5) is 23.0. The highest BCUT2D eigenvalue weighted by Gasteiger charge is 2.11. The van der Waals surface area contributed by atoms with Crippen molar-refractivity contribution in [3.63, 3.8) is 0 Å². The third-order valence-corrected chi connectivity index (χ3v) is 4.15. The average Bonchev–Trinajstić information content (AvgIpc) is 3.22. The van der Waals surface area contributed by atoms with Gasteiger partial charge in [-0.25, -0.2) is 9.48 Å². The van der Waals surface area contributed by atoms with Crippen molar-refractivity contribution in [2.75, 3.05) is 0 Å². The molecule has 3 rings (SSSR count). The van der Waals surface area contributed by atoms with Gasteiger partial charge in [-0.15, -0.1) is 0 Å². The molecular weight excluding hydrogens is 328 g/mol. The number of carboxylic acid groups (broad SMARTS) is 1. The first-order chi connectivity index (χ1) is 11.5. The van der Waals surface area contributed by atoms with Gasteiger partial charge in [0.1, 0.15) is 0 Å². The van der Waals surface area contributed by atoms with Crippen LogP contribution in [0.15, 0.2) is 41.9 Å². The molecule has 0 aliphatic carbocycles. The molecule has 24 heavy (non-hydrogen) atoms. The molecule has 0 aliphatic heterocycles. The third-order valence-electron chi connectivity index (χ3n) is 3.43. The Morgan fingerprint density at radius 1 is 1.33 bits per heavy atom. The van der Waals surface area contributed by atoms with Crippen LogP contribution in [-0.4, -0.2) is 31.1 Å². The number of carbonyl (C=O) groups excluding carboxylic acids is 1. The second-order valence-electron chi connectivity index (χ2n) is 5.12. The predicted octanol–water partition coefficient (Wildman–Crippen LogP) is 2.27. The molecular formula is C16H14N4O3S. The topological polar surface area (TPSA) is 97.1 Å². The SMILES string of the molecule is Cc1nscc1C(=O)NCc1cccc(-n2ccc(C(=O)O)n2)c1. The van der Waals surface area contributed by atoms with Crippen molar-refractivity contribution < 1.29 is 14.7 Å². The largest absolute Gasteiger partial charge is 0.476 e. The van der Waals surface area contributed by atoms with Gasteiger partial charge in [-0.2, -0.15) is 9.47 Å². The van der Waals surface area contributed by atoms with Crippen molar-refractivity contribution in [1.29, 1.82) is 0 Å². The molecule has 3 aromatic rings. The highest BCUT2D eigenvalue weighted by Crippen LogP contribution is 2.12. The van der Waals surface area contributed by atoms with Crippen LogP contribution in [0, 0.1) is 6.92 Å². The number of hydrogen-bond donors (Lipinski definition) is 2. The average molecular weight is 342 g/mol.